The van der Waals surface area contributed by atoms with E-state index in [2.05, 4.69) is 24.9 Å². The van der Waals surface area contributed by atoms with Crippen LogP contribution in [-0.4, -0.2) is 149 Å². The fourth-order valence-electron chi connectivity index (χ4n) is 6.54. The van der Waals surface area contributed by atoms with Crippen molar-refractivity contribution < 1.29 is 76.8 Å². The fraction of sp³-hybridized carbons (Fsp3) is 0.536. The Balaban J connectivity index is 1.05. The van der Waals surface area contributed by atoms with E-state index in [1.165, 1.54) is 17.0 Å². The van der Waals surface area contributed by atoms with E-state index >= 15 is 0 Å². The standard InChI is InChI=1S/C28H37N11O18P2/c29-13-1-3-37(27(45)35-13)24-17(42)16(41)11(54-24)6-51-58(47,48)57-21-12(55-25(19(21)44)38-4-2-14(30)36-28(38)46)7-52-59(49,50)56-20-10(5-40)53-26(18(20)43)39-9-34-15-22(31)32-8-33-23(15)39/h1-4,8-12,16-21,24-26,40-44H,5-7H2,(H,47,48)(H,49,50)(H2,29,35,45)(H2,30,36,46)(H2,31,32,33)/t10-,11-,12-,16-,17-,18-,19-,20-,21-,24-,25-,26-/m1/s1. The molecule has 14 atom stereocenters. The van der Waals surface area contributed by atoms with Gasteiger partial charge >= 0.3 is 27.0 Å². The number of imidazole rings is 1. The Morgan fingerprint density at radius 1 is 0.678 bits per heavy atom. The van der Waals surface area contributed by atoms with Gasteiger partial charge in [-0.3, -0.25) is 31.8 Å². The Labute approximate surface area is 328 Å². The Morgan fingerprint density at radius 2 is 1.17 bits per heavy atom. The van der Waals surface area contributed by atoms with Gasteiger partial charge in [-0.2, -0.15) is 9.97 Å². The van der Waals surface area contributed by atoms with E-state index in [1.807, 2.05) is 0 Å². The largest absolute Gasteiger partial charge is 0.472 e. The Kier molecular flexibility index (Phi) is 12.0. The number of fused-ring (bicyclic) bond motifs is 1. The minimum atomic E-state index is -5.37. The summed E-state index contributed by atoms with van der Waals surface area (Å²) in [6.45, 7) is -2.86. The molecule has 2 unspecified atom stereocenters. The summed E-state index contributed by atoms with van der Waals surface area (Å²) in [6, 6.07) is 2.37. The van der Waals surface area contributed by atoms with Crippen LogP contribution in [-0.2, 0) is 41.4 Å². The summed E-state index contributed by atoms with van der Waals surface area (Å²) in [5, 5.41) is 53.4. The molecule has 0 aromatic carbocycles. The SMILES string of the molecule is Nc1ccn([C@@H]2O[C@H](COP(=O)(O)O[C@H]3[C@@H](O)[C@H](n4ccc(N)nc4=O)O[C@@H]3COP(=O)(O)O[C@H]3[C@@H](O)[C@H](n4cnc5c(N)ncnc54)O[C@@H]3CO)[C@@H](O)[C@H]2O)c(=O)n1. The van der Waals surface area contributed by atoms with Crippen molar-refractivity contribution in [3.63, 3.8) is 0 Å². The molecule has 3 aliphatic rings. The number of aromatic nitrogens is 8. The average molecular weight is 878 g/mol. The zero-order chi connectivity index (χ0) is 42.6. The number of hydrogen-bond donors (Lipinski definition) is 10. The Bertz CT molecular complexity index is 2390. The van der Waals surface area contributed by atoms with Crippen molar-refractivity contribution in [3.05, 3.63) is 58.1 Å². The van der Waals surface area contributed by atoms with Crippen LogP contribution >= 0.6 is 15.6 Å². The number of ether oxygens (including phenoxy) is 3. The van der Waals surface area contributed by atoms with Gasteiger partial charge in [0.15, 0.2) is 30.1 Å². The first kappa shape index (κ1) is 42.7. The van der Waals surface area contributed by atoms with Gasteiger partial charge in [-0.1, -0.05) is 0 Å². The van der Waals surface area contributed by atoms with E-state index in [1.54, 1.807) is 0 Å². The smallest absolute Gasteiger partial charge is 0.394 e. The molecule has 13 N–H and O–H groups in total. The minimum absolute atomic E-state index is 0.00783. The number of aliphatic hydroxyl groups is 5. The first-order valence-electron chi connectivity index (χ1n) is 17.1. The van der Waals surface area contributed by atoms with Gasteiger partial charge in [0.2, 0.25) is 0 Å². The van der Waals surface area contributed by atoms with Gasteiger partial charge in [0.05, 0.1) is 26.1 Å². The normalized spacial score (nSPS) is 33.0. The third kappa shape index (κ3) is 8.63. The summed E-state index contributed by atoms with van der Waals surface area (Å²) < 4.78 is 66.8. The number of hydrogen-bond acceptors (Lipinski definition) is 24. The van der Waals surface area contributed by atoms with Crippen LogP contribution in [0.3, 0.4) is 0 Å². The number of phosphoric ester groups is 2. The molecular weight excluding hydrogens is 840 g/mol. The van der Waals surface area contributed by atoms with Gasteiger partial charge in [0, 0.05) is 12.4 Å². The summed E-state index contributed by atoms with van der Waals surface area (Å²) in [5.74, 6) is -0.338. The molecule has 0 saturated carbocycles. The molecule has 7 rings (SSSR count). The van der Waals surface area contributed by atoms with Crippen LogP contribution in [0.4, 0.5) is 17.5 Å². The second-order valence-electron chi connectivity index (χ2n) is 13.2. The topological polar surface area (TPSA) is 432 Å². The quantitative estimate of drug-likeness (QED) is 0.0531. The van der Waals surface area contributed by atoms with Crippen molar-refractivity contribution in [2.45, 2.75) is 73.6 Å². The zero-order valence-corrected chi connectivity index (χ0v) is 31.6. The highest BCUT2D eigenvalue weighted by Crippen LogP contribution is 2.52. The molecule has 59 heavy (non-hydrogen) atoms. The highest BCUT2D eigenvalue weighted by Gasteiger charge is 2.53. The molecule has 0 bridgehead atoms. The molecular formula is C28H37N11O18P2. The van der Waals surface area contributed by atoms with Gasteiger partial charge in [-0.05, 0) is 12.1 Å². The van der Waals surface area contributed by atoms with Crippen LogP contribution in [0.15, 0.2) is 46.8 Å². The van der Waals surface area contributed by atoms with Crippen LogP contribution in [0.5, 0.6) is 0 Å². The molecule has 0 spiro atoms. The minimum Gasteiger partial charge on any atom is -0.394 e. The summed E-state index contributed by atoms with van der Waals surface area (Å²) in [6.07, 6.45) is -16.0. The molecule has 31 heteroatoms. The maximum Gasteiger partial charge on any atom is 0.472 e. The van der Waals surface area contributed by atoms with Crippen molar-refractivity contribution in [2.24, 2.45) is 0 Å². The third-order valence-corrected chi connectivity index (χ3v) is 11.3. The molecule has 0 radical (unpaired) electrons. The monoisotopic (exact) mass is 877 g/mol. The Hall–Kier alpha value is -4.39. The highest BCUT2D eigenvalue weighted by molar-refractivity contribution is 7.47. The number of nitrogens with zero attached hydrogens (tertiary/aromatic N) is 8. The lowest BCUT2D eigenvalue weighted by molar-refractivity contribution is -0.0641. The molecule has 322 valence electrons. The van der Waals surface area contributed by atoms with Crippen molar-refractivity contribution in [1.29, 1.82) is 0 Å². The van der Waals surface area contributed by atoms with Crippen LogP contribution in [0, 0.1) is 0 Å². The van der Waals surface area contributed by atoms with Crippen LogP contribution < -0.4 is 28.6 Å². The number of rotatable bonds is 14. The van der Waals surface area contributed by atoms with Crippen molar-refractivity contribution in [1.82, 2.24) is 38.6 Å². The van der Waals surface area contributed by atoms with Gasteiger partial charge in [0.1, 0.15) is 78.4 Å². The number of phosphoric acid groups is 2. The van der Waals surface area contributed by atoms with E-state index < -0.39 is 120 Å². The molecule has 4 aromatic rings. The summed E-state index contributed by atoms with van der Waals surface area (Å²) in [5.41, 5.74) is 15.1. The summed E-state index contributed by atoms with van der Waals surface area (Å²) in [7, 11) is -10.7. The summed E-state index contributed by atoms with van der Waals surface area (Å²) >= 11 is 0. The van der Waals surface area contributed by atoms with E-state index in [0.29, 0.717) is 0 Å². The average Bonchev–Trinajstić information content (AvgIpc) is 3.90. The molecule has 7 heterocycles. The Morgan fingerprint density at radius 3 is 1.73 bits per heavy atom. The van der Waals surface area contributed by atoms with Crippen LogP contribution in [0.1, 0.15) is 18.7 Å². The predicted octanol–water partition coefficient (Wildman–Crippen LogP) is -4.78. The molecule has 0 aliphatic carbocycles. The molecule has 3 saturated heterocycles. The molecule has 3 fully saturated rings. The van der Waals surface area contributed by atoms with E-state index in [9.17, 15) is 54.0 Å². The van der Waals surface area contributed by atoms with Crippen LogP contribution in [0.25, 0.3) is 11.2 Å². The lowest BCUT2D eigenvalue weighted by atomic mass is 10.1. The van der Waals surface area contributed by atoms with Crippen molar-refractivity contribution >= 4 is 44.3 Å². The maximum absolute atomic E-state index is 13.3. The molecule has 3 aliphatic heterocycles. The molecule has 0 amide bonds. The van der Waals surface area contributed by atoms with Gasteiger partial charge in [-0.25, -0.2) is 33.7 Å². The number of anilines is 3. The second kappa shape index (κ2) is 16.6. The van der Waals surface area contributed by atoms with Crippen LogP contribution in [0.2, 0.25) is 0 Å². The van der Waals surface area contributed by atoms with E-state index in [4.69, 9.17) is 49.5 Å². The van der Waals surface area contributed by atoms with Gasteiger partial charge in [-0.15, -0.1) is 0 Å². The number of nitrogen functional groups attached to an aromatic ring is 3. The lowest BCUT2D eigenvalue weighted by Crippen LogP contribution is -2.38. The maximum atomic E-state index is 13.3. The molecule has 4 aromatic heterocycles. The van der Waals surface area contributed by atoms with E-state index in [-0.39, 0.29) is 28.6 Å². The van der Waals surface area contributed by atoms with Crippen molar-refractivity contribution in [3.8, 4) is 0 Å². The lowest BCUT2D eigenvalue weighted by Gasteiger charge is -2.25. The number of aliphatic hydroxyl groups excluding tert-OH is 5. The predicted molar refractivity (Wildman–Crippen MR) is 190 cm³/mol. The van der Waals surface area contributed by atoms with Crippen molar-refractivity contribution in [2.75, 3.05) is 37.0 Å². The third-order valence-electron chi connectivity index (χ3n) is 9.36. The highest BCUT2D eigenvalue weighted by atomic mass is 31.2. The van der Waals surface area contributed by atoms with Gasteiger partial charge < -0.3 is 66.7 Å². The van der Waals surface area contributed by atoms with E-state index in [0.717, 1.165) is 33.9 Å². The molecule has 29 nitrogen and oxygen atoms in total. The summed E-state index contributed by atoms with van der Waals surface area (Å²) in [4.78, 5) is 65.4. The number of nitrogens with two attached hydrogens (primary N) is 3. The first-order chi connectivity index (χ1) is 27.9. The van der Waals surface area contributed by atoms with Gasteiger partial charge in [0.25, 0.3) is 0 Å². The first-order valence-corrected chi connectivity index (χ1v) is 20.1. The zero-order valence-electron chi connectivity index (χ0n) is 29.8. The second-order valence-corrected chi connectivity index (χ2v) is 16.0. The fourth-order valence-corrected chi connectivity index (χ4v) is 8.46.